The maximum atomic E-state index is 14.0. The van der Waals surface area contributed by atoms with Crippen molar-refractivity contribution in [2.24, 2.45) is 0 Å². The Morgan fingerprint density at radius 2 is 1.72 bits per heavy atom. The molecule has 0 aliphatic carbocycles. The number of halogens is 1. The van der Waals surface area contributed by atoms with Crippen molar-refractivity contribution < 1.29 is 17.5 Å². The van der Waals surface area contributed by atoms with E-state index in [0.717, 1.165) is 24.7 Å². The average Bonchev–Trinajstić information content (AvgIpc) is 2.99. The van der Waals surface area contributed by atoms with E-state index in [2.05, 4.69) is 21.8 Å². The highest BCUT2D eigenvalue weighted by Crippen LogP contribution is 2.22. The van der Waals surface area contributed by atoms with E-state index in [-0.39, 0.29) is 17.2 Å². The van der Waals surface area contributed by atoms with Gasteiger partial charge in [0.05, 0.1) is 11.5 Å². The van der Waals surface area contributed by atoms with E-state index in [1.165, 1.54) is 43.5 Å². The van der Waals surface area contributed by atoms with Gasteiger partial charge in [0.15, 0.2) is 11.6 Å². The first-order valence-corrected chi connectivity index (χ1v) is 11.7. The zero-order chi connectivity index (χ0) is 20.7. The topological polar surface area (TPSA) is 58.6 Å². The lowest BCUT2D eigenvalue weighted by Crippen LogP contribution is -2.26. The second-order valence-corrected chi connectivity index (χ2v) is 9.01. The van der Waals surface area contributed by atoms with Gasteiger partial charge in [-0.3, -0.25) is 0 Å². The Balaban J connectivity index is 1.55. The van der Waals surface area contributed by atoms with Crippen LogP contribution in [0.25, 0.3) is 0 Å². The zero-order valence-corrected chi connectivity index (χ0v) is 17.7. The minimum atomic E-state index is -3.77. The third-order valence-corrected chi connectivity index (χ3v) is 6.59. The van der Waals surface area contributed by atoms with Gasteiger partial charge < -0.3 is 9.64 Å². The summed E-state index contributed by atoms with van der Waals surface area (Å²) in [6, 6.07) is 12.0. The largest absolute Gasteiger partial charge is 0.491 e. The lowest BCUT2D eigenvalue weighted by molar-refractivity contribution is 0.321. The van der Waals surface area contributed by atoms with E-state index in [0.29, 0.717) is 13.0 Å². The molecule has 1 fully saturated rings. The van der Waals surface area contributed by atoms with Crippen molar-refractivity contribution in [1.29, 1.82) is 0 Å². The molecule has 0 bridgehead atoms. The highest BCUT2D eigenvalue weighted by Gasteiger charge is 2.16. The van der Waals surface area contributed by atoms with Gasteiger partial charge in [-0.1, -0.05) is 25.0 Å². The maximum absolute atomic E-state index is 14.0. The maximum Gasteiger partial charge on any atom is 0.240 e. The summed E-state index contributed by atoms with van der Waals surface area (Å²) in [5.74, 6) is -0.630. The molecule has 0 radical (unpaired) electrons. The van der Waals surface area contributed by atoms with E-state index in [1.807, 2.05) is 12.1 Å². The third-order valence-electron chi connectivity index (χ3n) is 5.13. The van der Waals surface area contributed by atoms with Gasteiger partial charge in [-0.05, 0) is 62.1 Å². The van der Waals surface area contributed by atoms with Crippen molar-refractivity contribution in [2.45, 2.75) is 43.9 Å². The van der Waals surface area contributed by atoms with Gasteiger partial charge in [-0.15, -0.1) is 0 Å². The SMILES string of the molecule is CCOc1ccc(S(=O)(=O)NCCc2ccc(N3CCCCCC3)cc2)cc1F. The molecule has 0 atom stereocenters. The second kappa shape index (κ2) is 10.1. The fourth-order valence-electron chi connectivity index (χ4n) is 3.54. The van der Waals surface area contributed by atoms with Gasteiger partial charge in [0.25, 0.3) is 0 Å². The fourth-order valence-corrected chi connectivity index (χ4v) is 4.58. The number of rotatable bonds is 8. The molecule has 2 aromatic rings. The smallest absolute Gasteiger partial charge is 0.240 e. The molecule has 0 aromatic heterocycles. The van der Waals surface area contributed by atoms with Crippen LogP contribution in [0.4, 0.5) is 10.1 Å². The number of nitrogens with one attached hydrogen (secondary N) is 1. The molecule has 0 unspecified atom stereocenters. The lowest BCUT2D eigenvalue weighted by Gasteiger charge is -2.22. The molecular formula is C22H29FN2O3S. The van der Waals surface area contributed by atoms with Crippen LogP contribution in [0.5, 0.6) is 5.75 Å². The first-order valence-electron chi connectivity index (χ1n) is 10.3. The molecule has 0 spiro atoms. The Morgan fingerprint density at radius 3 is 2.34 bits per heavy atom. The predicted octanol–water partition coefficient (Wildman–Crippen LogP) is 4.13. The van der Waals surface area contributed by atoms with Crippen LogP contribution in [0.1, 0.15) is 38.2 Å². The quantitative estimate of drug-likeness (QED) is 0.698. The van der Waals surface area contributed by atoms with Gasteiger partial charge in [-0.25, -0.2) is 17.5 Å². The Hall–Kier alpha value is -2.12. The second-order valence-electron chi connectivity index (χ2n) is 7.24. The normalized spacial score (nSPS) is 15.2. The van der Waals surface area contributed by atoms with Crippen molar-refractivity contribution >= 4 is 15.7 Å². The summed E-state index contributed by atoms with van der Waals surface area (Å²) in [6.07, 6.45) is 5.63. The Bertz CT molecular complexity index is 893. The van der Waals surface area contributed by atoms with E-state index in [9.17, 15) is 12.8 Å². The lowest BCUT2D eigenvalue weighted by atomic mass is 10.1. The Labute approximate surface area is 172 Å². The third kappa shape index (κ3) is 5.93. The minimum Gasteiger partial charge on any atom is -0.491 e. The van der Waals surface area contributed by atoms with E-state index >= 15 is 0 Å². The van der Waals surface area contributed by atoms with E-state index in [4.69, 9.17) is 4.74 Å². The van der Waals surface area contributed by atoms with Gasteiger partial charge in [0, 0.05) is 25.3 Å². The molecule has 0 saturated carbocycles. The predicted molar refractivity (Wildman–Crippen MR) is 114 cm³/mol. The Morgan fingerprint density at radius 1 is 1.03 bits per heavy atom. The van der Waals surface area contributed by atoms with Crippen molar-refractivity contribution in [3.05, 3.63) is 53.8 Å². The van der Waals surface area contributed by atoms with E-state index in [1.54, 1.807) is 6.92 Å². The summed E-state index contributed by atoms with van der Waals surface area (Å²) in [5, 5.41) is 0. The number of benzene rings is 2. The molecule has 7 heteroatoms. The summed E-state index contributed by atoms with van der Waals surface area (Å²) in [5.41, 5.74) is 2.28. The molecule has 1 aliphatic rings. The standard InChI is InChI=1S/C22H29FN2O3S/c1-2-28-22-12-11-20(17-21(22)23)29(26,27)24-14-13-18-7-9-19(10-8-18)25-15-5-3-4-6-16-25/h7-12,17,24H,2-6,13-16H2,1H3. The number of sulfonamides is 1. The molecule has 1 saturated heterocycles. The number of ether oxygens (including phenoxy) is 1. The number of hydrogen-bond donors (Lipinski definition) is 1. The molecular weight excluding hydrogens is 391 g/mol. The van der Waals surface area contributed by atoms with Crippen molar-refractivity contribution in [2.75, 3.05) is 31.1 Å². The number of anilines is 1. The number of nitrogens with zero attached hydrogens (tertiary/aromatic N) is 1. The molecule has 29 heavy (non-hydrogen) atoms. The van der Waals surface area contributed by atoms with Crippen LogP contribution in [-0.2, 0) is 16.4 Å². The highest BCUT2D eigenvalue weighted by molar-refractivity contribution is 7.89. The Kier molecular flexibility index (Phi) is 7.50. The molecule has 1 N–H and O–H groups in total. The molecule has 158 valence electrons. The molecule has 1 heterocycles. The number of hydrogen-bond acceptors (Lipinski definition) is 4. The van der Waals surface area contributed by atoms with Crippen LogP contribution in [0.15, 0.2) is 47.4 Å². The van der Waals surface area contributed by atoms with Gasteiger partial charge >= 0.3 is 0 Å². The van der Waals surface area contributed by atoms with Crippen LogP contribution in [0, 0.1) is 5.82 Å². The molecule has 1 aliphatic heterocycles. The molecule has 5 nitrogen and oxygen atoms in total. The molecule has 3 rings (SSSR count). The first kappa shape index (κ1) is 21.6. The average molecular weight is 421 g/mol. The van der Waals surface area contributed by atoms with Crippen molar-refractivity contribution in [3.63, 3.8) is 0 Å². The van der Waals surface area contributed by atoms with Gasteiger partial charge in [-0.2, -0.15) is 0 Å². The van der Waals surface area contributed by atoms with Crippen LogP contribution in [0.2, 0.25) is 0 Å². The summed E-state index contributed by atoms with van der Waals surface area (Å²) >= 11 is 0. The summed E-state index contributed by atoms with van der Waals surface area (Å²) < 4.78 is 46.4. The van der Waals surface area contributed by atoms with Crippen LogP contribution < -0.4 is 14.4 Å². The molecule has 2 aromatic carbocycles. The van der Waals surface area contributed by atoms with Crippen molar-refractivity contribution in [3.8, 4) is 5.75 Å². The van der Waals surface area contributed by atoms with E-state index < -0.39 is 15.8 Å². The monoisotopic (exact) mass is 420 g/mol. The first-order chi connectivity index (χ1) is 14.0. The highest BCUT2D eigenvalue weighted by atomic mass is 32.2. The van der Waals surface area contributed by atoms with Gasteiger partial charge in [0.1, 0.15) is 0 Å². The van der Waals surface area contributed by atoms with Crippen LogP contribution in [0.3, 0.4) is 0 Å². The van der Waals surface area contributed by atoms with Crippen LogP contribution >= 0.6 is 0 Å². The zero-order valence-electron chi connectivity index (χ0n) is 16.9. The molecule has 0 amide bonds. The van der Waals surface area contributed by atoms with Gasteiger partial charge in [0.2, 0.25) is 10.0 Å². The van der Waals surface area contributed by atoms with Crippen molar-refractivity contribution in [1.82, 2.24) is 4.72 Å². The summed E-state index contributed by atoms with van der Waals surface area (Å²) in [7, 11) is -3.77. The summed E-state index contributed by atoms with van der Waals surface area (Å²) in [4.78, 5) is 2.31. The fraction of sp³-hybridized carbons (Fsp3) is 0.455. The summed E-state index contributed by atoms with van der Waals surface area (Å²) in [6.45, 7) is 4.50. The minimum absolute atomic E-state index is 0.0518. The van der Waals surface area contributed by atoms with Crippen LogP contribution in [-0.4, -0.2) is 34.7 Å².